The van der Waals surface area contributed by atoms with Gasteiger partial charge in [-0.3, -0.25) is 0 Å². The second-order valence-corrected chi connectivity index (χ2v) is 6.64. The lowest BCUT2D eigenvalue weighted by Gasteiger charge is -2.06. The first-order valence-electron chi connectivity index (χ1n) is 6.62. The Hall–Kier alpha value is -0.810. The maximum Gasteiger partial charge on any atom is 0.191 e. The molecule has 1 aromatic carbocycles. The van der Waals surface area contributed by atoms with E-state index in [2.05, 4.69) is 55.0 Å². The molecule has 1 aliphatic rings. The van der Waals surface area contributed by atoms with Gasteiger partial charge in [-0.15, -0.1) is 10.2 Å². The average molecular weight is 338 g/mol. The minimum absolute atomic E-state index is 0.942. The average Bonchev–Trinajstić information content (AvgIpc) is 2.64. The van der Waals surface area contributed by atoms with Gasteiger partial charge >= 0.3 is 0 Å². The number of aryl methyl sites for hydroxylation is 1. The Morgan fingerprint density at radius 3 is 3.05 bits per heavy atom. The summed E-state index contributed by atoms with van der Waals surface area (Å²) in [6.45, 7) is 1.07. The normalized spacial score (nSPS) is 15.0. The summed E-state index contributed by atoms with van der Waals surface area (Å²) >= 11 is 5.29. The lowest BCUT2D eigenvalue weighted by molar-refractivity contribution is 0.591. The number of rotatable bonds is 3. The molecule has 0 unspecified atom stereocenters. The van der Waals surface area contributed by atoms with Gasteiger partial charge in [0.25, 0.3) is 0 Å². The van der Waals surface area contributed by atoms with Crippen LogP contribution in [-0.2, 0) is 18.7 Å². The van der Waals surface area contributed by atoms with Crippen molar-refractivity contribution in [1.82, 2.24) is 14.8 Å². The first-order chi connectivity index (χ1) is 9.33. The van der Waals surface area contributed by atoms with Crippen molar-refractivity contribution in [3.8, 4) is 0 Å². The molecule has 2 aromatic rings. The van der Waals surface area contributed by atoms with Crippen LogP contribution in [0.15, 0.2) is 33.9 Å². The molecule has 0 radical (unpaired) electrons. The highest BCUT2D eigenvalue weighted by atomic mass is 79.9. The topological polar surface area (TPSA) is 30.7 Å². The van der Waals surface area contributed by atoms with Gasteiger partial charge in [0.05, 0.1) is 0 Å². The monoisotopic (exact) mass is 337 g/mol. The summed E-state index contributed by atoms with van der Waals surface area (Å²) in [4.78, 5) is 0. The van der Waals surface area contributed by atoms with E-state index in [-0.39, 0.29) is 0 Å². The lowest BCUT2D eigenvalue weighted by Crippen LogP contribution is -2.02. The third-order valence-electron chi connectivity index (χ3n) is 3.33. The van der Waals surface area contributed by atoms with E-state index in [0.29, 0.717) is 0 Å². The second-order valence-electron chi connectivity index (χ2n) is 4.78. The molecule has 1 aromatic heterocycles. The molecule has 0 fully saturated rings. The SMILES string of the molecule is Brc1cccc(CSc2nnc3n2CCCCC3)c1. The molecule has 1 aliphatic heterocycles. The summed E-state index contributed by atoms with van der Waals surface area (Å²) in [6, 6.07) is 8.44. The van der Waals surface area contributed by atoms with Crippen molar-refractivity contribution in [2.75, 3.05) is 0 Å². The third kappa shape index (κ3) is 3.20. The van der Waals surface area contributed by atoms with Crippen molar-refractivity contribution in [2.24, 2.45) is 0 Å². The summed E-state index contributed by atoms with van der Waals surface area (Å²) in [5.41, 5.74) is 1.31. The van der Waals surface area contributed by atoms with Crippen molar-refractivity contribution in [1.29, 1.82) is 0 Å². The van der Waals surface area contributed by atoms with E-state index in [4.69, 9.17) is 0 Å². The number of fused-ring (bicyclic) bond motifs is 1. The fourth-order valence-corrected chi connectivity index (χ4v) is 3.71. The Morgan fingerprint density at radius 2 is 2.16 bits per heavy atom. The van der Waals surface area contributed by atoms with E-state index in [1.54, 1.807) is 11.8 Å². The quantitative estimate of drug-likeness (QED) is 0.791. The van der Waals surface area contributed by atoms with Crippen molar-refractivity contribution in [3.05, 3.63) is 40.1 Å². The molecule has 0 bridgehead atoms. The predicted octanol–water partition coefficient (Wildman–Crippen LogP) is 4.06. The van der Waals surface area contributed by atoms with Crippen molar-refractivity contribution >= 4 is 27.7 Å². The summed E-state index contributed by atoms with van der Waals surface area (Å²) < 4.78 is 3.43. The van der Waals surface area contributed by atoms with Crippen LogP contribution in [-0.4, -0.2) is 14.8 Å². The van der Waals surface area contributed by atoms with Gasteiger partial charge in [-0.05, 0) is 30.5 Å². The van der Waals surface area contributed by atoms with Crippen LogP contribution in [0.5, 0.6) is 0 Å². The standard InChI is InChI=1S/C14H16BrN3S/c15-12-6-4-5-11(9-12)10-19-14-17-16-13-7-2-1-3-8-18(13)14/h4-6,9H,1-3,7-8,10H2. The van der Waals surface area contributed by atoms with Crippen LogP contribution in [0.1, 0.15) is 30.7 Å². The van der Waals surface area contributed by atoms with Gasteiger partial charge in [0.15, 0.2) is 5.16 Å². The number of aromatic nitrogens is 3. The van der Waals surface area contributed by atoms with Gasteiger partial charge in [-0.25, -0.2) is 0 Å². The maximum atomic E-state index is 4.34. The third-order valence-corrected chi connectivity index (χ3v) is 4.86. The molecular weight excluding hydrogens is 322 g/mol. The first-order valence-corrected chi connectivity index (χ1v) is 8.40. The van der Waals surface area contributed by atoms with E-state index < -0.39 is 0 Å². The van der Waals surface area contributed by atoms with Gasteiger partial charge < -0.3 is 4.57 Å². The second kappa shape index (κ2) is 6.09. The van der Waals surface area contributed by atoms with E-state index >= 15 is 0 Å². The molecule has 5 heteroatoms. The van der Waals surface area contributed by atoms with Crippen molar-refractivity contribution in [2.45, 2.75) is 43.1 Å². The molecule has 0 N–H and O–H groups in total. The lowest BCUT2D eigenvalue weighted by atomic mass is 10.2. The summed E-state index contributed by atoms with van der Waals surface area (Å²) in [6.07, 6.45) is 4.87. The van der Waals surface area contributed by atoms with E-state index in [0.717, 1.165) is 34.2 Å². The zero-order chi connectivity index (χ0) is 13.1. The predicted molar refractivity (Wildman–Crippen MR) is 81.3 cm³/mol. The molecule has 3 nitrogen and oxygen atoms in total. The van der Waals surface area contributed by atoms with Gasteiger partial charge in [0.2, 0.25) is 0 Å². The Labute approximate surface area is 125 Å². The summed E-state index contributed by atoms with van der Waals surface area (Å²) in [5, 5.41) is 9.74. The molecule has 100 valence electrons. The molecule has 0 saturated carbocycles. The zero-order valence-corrected chi connectivity index (χ0v) is 13.1. The number of halogens is 1. The van der Waals surface area contributed by atoms with Crippen LogP contribution in [0, 0.1) is 0 Å². The van der Waals surface area contributed by atoms with Gasteiger partial charge in [0, 0.05) is 23.2 Å². The number of hydrogen-bond donors (Lipinski definition) is 0. The largest absolute Gasteiger partial charge is 0.306 e. The number of hydrogen-bond acceptors (Lipinski definition) is 3. The minimum Gasteiger partial charge on any atom is -0.306 e. The molecule has 0 spiro atoms. The Morgan fingerprint density at radius 1 is 1.21 bits per heavy atom. The highest BCUT2D eigenvalue weighted by Gasteiger charge is 2.14. The number of benzene rings is 1. The van der Waals surface area contributed by atoms with Crippen LogP contribution in [0.3, 0.4) is 0 Å². The smallest absolute Gasteiger partial charge is 0.191 e. The molecule has 0 saturated heterocycles. The van der Waals surface area contributed by atoms with Crippen LogP contribution in [0.4, 0.5) is 0 Å². The fraction of sp³-hybridized carbons (Fsp3) is 0.429. The minimum atomic E-state index is 0.942. The Kier molecular flexibility index (Phi) is 4.23. The highest BCUT2D eigenvalue weighted by molar-refractivity contribution is 9.10. The van der Waals surface area contributed by atoms with E-state index in [9.17, 15) is 0 Å². The molecule has 0 amide bonds. The van der Waals surface area contributed by atoms with Crippen molar-refractivity contribution in [3.63, 3.8) is 0 Å². The Balaban J connectivity index is 1.72. The molecule has 0 atom stereocenters. The van der Waals surface area contributed by atoms with Gasteiger partial charge in [0.1, 0.15) is 5.82 Å². The van der Waals surface area contributed by atoms with Crippen LogP contribution in [0.25, 0.3) is 0 Å². The van der Waals surface area contributed by atoms with E-state index in [1.165, 1.54) is 24.8 Å². The Bertz CT molecular complexity index is 568. The molecule has 2 heterocycles. The van der Waals surface area contributed by atoms with Crippen LogP contribution < -0.4 is 0 Å². The molecule has 3 rings (SSSR count). The number of thioether (sulfide) groups is 1. The molecule has 0 aliphatic carbocycles. The summed E-state index contributed by atoms with van der Waals surface area (Å²) in [5.74, 6) is 2.10. The maximum absolute atomic E-state index is 4.34. The van der Waals surface area contributed by atoms with E-state index in [1.807, 2.05) is 0 Å². The highest BCUT2D eigenvalue weighted by Crippen LogP contribution is 2.25. The fourth-order valence-electron chi connectivity index (χ4n) is 2.34. The van der Waals surface area contributed by atoms with Crippen LogP contribution >= 0.6 is 27.7 Å². The van der Waals surface area contributed by atoms with Crippen molar-refractivity contribution < 1.29 is 0 Å². The zero-order valence-electron chi connectivity index (χ0n) is 10.7. The van der Waals surface area contributed by atoms with Gasteiger partial charge in [-0.2, -0.15) is 0 Å². The van der Waals surface area contributed by atoms with Crippen LogP contribution in [0.2, 0.25) is 0 Å². The molecule has 19 heavy (non-hydrogen) atoms. The summed E-state index contributed by atoms with van der Waals surface area (Å²) in [7, 11) is 0. The molecular formula is C14H16BrN3S. The van der Waals surface area contributed by atoms with Gasteiger partial charge in [-0.1, -0.05) is 46.2 Å². The number of nitrogens with zero attached hydrogens (tertiary/aromatic N) is 3. The first kappa shape index (κ1) is 13.2.